The number of amides is 2. The van der Waals surface area contributed by atoms with Gasteiger partial charge in [-0.2, -0.15) is 0 Å². The minimum atomic E-state index is -0.561. The molecule has 3 aromatic rings. The maximum absolute atomic E-state index is 14.7. The van der Waals surface area contributed by atoms with Crippen LogP contribution in [0.2, 0.25) is 10.0 Å². The molecule has 2 aliphatic heterocycles. The van der Waals surface area contributed by atoms with Gasteiger partial charge in [-0.3, -0.25) is 14.5 Å². The molecule has 0 atom stereocenters. The largest absolute Gasteiger partial charge is 0.337 e. The molecule has 0 saturated carbocycles. The zero-order chi connectivity index (χ0) is 25.2. The zero-order valence-corrected chi connectivity index (χ0v) is 21.3. The van der Waals surface area contributed by atoms with E-state index in [1.807, 2.05) is 18.2 Å². The molecule has 5 nitrogen and oxygen atoms in total. The Balaban J connectivity index is 1.39. The standard InChI is InChI=1S/C27H20Cl2FN3O2S/c28-20-10-9-17(13-21(20)29)14-23-26(35)33(24-8-4-3-7-22(24)30)27(31-23)36-16-25(34)32-12-11-18-5-1-2-6-19(18)15-32/h1-10,13-14H,11-12,15-16H2. The van der Waals surface area contributed by atoms with Crippen molar-refractivity contribution in [3.05, 3.63) is 105 Å². The average molecular weight is 540 g/mol. The summed E-state index contributed by atoms with van der Waals surface area (Å²) < 4.78 is 14.7. The van der Waals surface area contributed by atoms with Crippen LogP contribution in [0.5, 0.6) is 0 Å². The number of aliphatic imine (C=N–C) groups is 1. The molecule has 0 spiro atoms. The molecular weight excluding hydrogens is 520 g/mol. The van der Waals surface area contributed by atoms with Crippen molar-refractivity contribution in [2.75, 3.05) is 17.2 Å². The van der Waals surface area contributed by atoms with Crippen molar-refractivity contribution in [1.82, 2.24) is 4.90 Å². The van der Waals surface area contributed by atoms with Crippen molar-refractivity contribution in [2.24, 2.45) is 4.99 Å². The maximum atomic E-state index is 14.7. The van der Waals surface area contributed by atoms with Gasteiger partial charge in [0.1, 0.15) is 11.5 Å². The molecule has 0 unspecified atom stereocenters. The van der Waals surface area contributed by atoms with E-state index in [1.54, 1.807) is 41.3 Å². The van der Waals surface area contributed by atoms with Gasteiger partial charge in [-0.1, -0.05) is 77.4 Å². The lowest BCUT2D eigenvalue weighted by molar-refractivity contribution is -0.129. The summed E-state index contributed by atoms with van der Waals surface area (Å²) in [7, 11) is 0. The minimum Gasteiger partial charge on any atom is -0.337 e. The molecule has 182 valence electrons. The number of benzene rings is 3. The van der Waals surface area contributed by atoms with E-state index in [2.05, 4.69) is 11.1 Å². The molecule has 0 aliphatic carbocycles. The van der Waals surface area contributed by atoms with Gasteiger partial charge in [0.2, 0.25) is 5.91 Å². The van der Waals surface area contributed by atoms with Crippen molar-refractivity contribution in [1.29, 1.82) is 0 Å². The van der Waals surface area contributed by atoms with Crippen molar-refractivity contribution in [2.45, 2.75) is 13.0 Å². The number of halogens is 3. The molecule has 2 heterocycles. The Bertz CT molecular complexity index is 1430. The van der Waals surface area contributed by atoms with Gasteiger partial charge in [-0.15, -0.1) is 0 Å². The zero-order valence-electron chi connectivity index (χ0n) is 19.0. The SMILES string of the molecule is O=C(CSC1=NC(=Cc2ccc(Cl)c(Cl)c2)C(=O)N1c1ccccc1F)N1CCc2ccccc2C1. The second kappa shape index (κ2) is 10.5. The number of anilines is 1. The molecule has 0 fully saturated rings. The summed E-state index contributed by atoms with van der Waals surface area (Å²) in [5.74, 6) is -1.05. The van der Waals surface area contributed by atoms with Crippen LogP contribution in [0.1, 0.15) is 16.7 Å². The number of hydrogen-bond donors (Lipinski definition) is 0. The number of amidine groups is 1. The number of carbonyl (C=O) groups is 2. The number of nitrogens with zero attached hydrogens (tertiary/aromatic N) is 3. The number of hydrogen-bond acceptors (Lipinski definition) is 4. The van der Waals surface area contributed by atoms with Crippen LogP contribution in [0, 0.1) is 5.82 Å². The van der Waals surface area contributed by atoms with Gasteiger partial charge in [-0.25, -0.2) is 9.38 Å². The summed E-state index contributed by atoms with van der Waals surface area (Å²) in [6, 6.07) is 19.0. The highest BCUT2D eigenvalue weighted by molar-refractivity contribution is 8.14. The molecule has 36 heavy (non-hydrogen) atoms. The molecule has 3 aromatic carbocycles. The summed E-state index contributed by atoms with van der Waals surface area (Å²) in [5, 5.41) is 0.972. The van der Waals surface area contributed by atoms with Gasteiger partial charge in [0.25, 0.3) is 5.91 Å². The Morgan fingerprint density at radius 2 is 1.78 bits per heavy atom. The number of para-hydroxylation sites is 1. The Hall–Kier alpha value is -3.13. The van der Waals surface area contributed by atoms with Crippen LogP contribution in [0.25, 0.3) is 6.08 Å². The Kier molecular flexibility index (Phi) is 7.14. The Labute approximate surface area is 222 Å². The van der Waals surface area contributed by atoms with Crippen LogP contribution >= 0.6 is 35.0 Å². The fourth-order valence-electron chi connectivity index (χ4n) is 4.12. The first-order chi connectivity index (χ1) is 17.4. The molecule has 0 aromatic heterocycles. The monoisotopic (exact) mass is 539 g/mol. The van der Waals surface area contributed by atoms with Crippen molar-refractivity contribution in [3.8, 4) is 0 Å². The fourth-order valence-corrected chi connectivity index (χ4v) is 5.34. The first-order valence-corrected chi connectivity index (χ1v) is 13.0. The van der Waals surface area contributed by atoms with Crippen LogP contribution in [-0.4, -0.2) is 34.2 Å². The molecule has 0 N–H and O–H groups in total. The van der Waals surface area contributed by atoms with Crippen LogP contribution in [0.4, 0.5) is 10.1 Å². The third-order valence-corrected chi connectivity index (χ3v) is 7.64. The van der Waals surface area contributed by atoms with Crippen molar-refractivity contribution in [3.63, 3.8) is 0 Å². The average Bonchev–Trinajstić information content (AvgIpc) is 3.19. The van der Waals surface area contributed by atoms with Gasteiger partial charge in [0, 0.05) is 13.1 Å². The van der Waals surface area contributed by atoms with E-state index in [-0.39, 0.29) is 28.2 Å². The van der Waals surface area contributed by atoms with E-state index < -0.39 is 11.7 Å². The van der Waals surface area contributed by atoms with Gasteiger partial charge in [0.05, 0.1) is 21.5 Å². The third kappa shape index (κ3) is 5.05. The number of fused-ring (bicyclic) bond motifs is 1. The van der Waals surface area contributed by atoms with Crippen LogP contribution in [-0.2, 0) is 22.6 Å². The number of thioether (sulfide) groups is 1. The molecule has 0 radical (unpaired) electrons. The molecule has 2 aliphatic rings. The Morgan fingerprint density at radius 1 is 1.03 bits per heavy atom. The molecule has 2 amide bonds. The van der Waals surface area contributed by atoms with Gasteiger partial charge >= 0.3 is 0 Å². The summed E-state index contributed by atoms with van der Waals surface area (Å²) in [5.41, 5.74) is 3.20. The quantitative estimate of drug-likeness (QED) is 0.371. The minimum absolute atomic E-state index is 0.0687. The van der Waals surface area contributed by atoms with Crippen LogP contribution in [0.15, 0.2) is 77.4 Å². The van der Waals surface area contributed by atoms with Gasteiger partial charge < -0.3 is 4.90 Å². The third-order valence-electron chi connectivity index (χ3n) is 5.98. The first kappa shape index (κ1) is 24.6. The number of carbonyl (C=O) groups excluding carboxylic acids is 2. The van der Waals surface area contributed by atoms with E-state index in [9.17, 15) is 14.0 Å². The van der Waals surface area contributed by atoms with E-state index in [0.717, 1.165) is 23.7 Å². The first-order valence-electron chi connectivity index (χ1n) is 11.2. The van der Waals surface area contributed by atoms with E-state index >= 15 is 0 Å². The smallest absolute Gasteiger partial charge is 0.283 e. The second-order valence-electron chi connectivity index (χ2n) is 8.31. The topological polar surface area (TPSA) is 53.0 Å². The molecular formula is C27H20Cl2FN3O2S. The predicted octanol–water partition coefficient (Wildman–Crippen LogP) is 6.19. The van der Waals surface area contributed by atoms with Crippen molar-refractivity contribution < 1.29 is 14.0 Å². The molecule has 0 bridgehead atoms. The molecule has 9 heteroatoms. The second-order valence-corrected chi connectivity index (χ2v) is 10.1. The summed E-state index contributed by atoms with van der Waals surface area (Å²) >= 11 is 13.2. The maximum Gasteiger partial charge on any atom is 0.283 e. The van der Waals surface area contributed by atoms with Crippen molar-refractivity contribution >= 4 is 63.7 Å². The highest BCUT2D eigenvalue weighted by Crippen LogP contribution is 2.32. The fraction of sp³-hybridized carbons (Fsp3) is 0.148. The van der Waals surface area contributed by atoms with Crippen LogP contribution < -0.4 is 4.90 Å². The molecule has 5 rings (SSSR count). The number of rotatable bonds is 4. The summed E-state index contributed by atoms with van der Waals surface area (Å²) in [4.78, 5) is 33.8. The normalized spacial score (nSPS) is 16.4. The lowest BCUT2D eigenvalue weighted by atomic mass is 10.00. The molecule has 0 saturated heterocycles. The van der Waals surface area contributed by atoms with Gasteiger partial charge in [0.15, 0.2) is 5.17 Å². The van der Waals surface area contributed by atoms with E-state index in [0.29, 0.717) is 28.7 Å². The predicted molar refractivity (Wildman–Crippen MR) is 144 cm³/mol. The lowest BCUT2D eigenvalue weighted by Crippen LogP contribution is -2.38. The van der Waals surface area contributed by atoms with E-state index in [4.69, 9.17) is 23.2 Å². The highest BCUT2D eigenvalue weighted by atomic mass is 35.5. The lowest BCUT2D eigenvalue weighted by Gasteiger charge is -2.29. The van der Waals surface area contributed by atoms with Gasteiger partial charge in [-0.05, 0) is 53.5 Å². The van der Waals surface area contributed by atoms with Crippen LogP contribution in [0.3, 0.4) is 0 Å². The Morgan fingerprint density at radius 3 is 2.56 bits per heavy atom. The highest BCUT2D eigenvalue weighted by Gasteiger charge is 2.34. The summed E-state index contributed by atoms with van der Waals surface area (Å²) in [6.45, 7) is 1.17. The summed E-state index contributed by atoms with van der Waals surface area (Å²) in [6.07, 6.45) is 2.36. The van der Waals surface area contributed by atoms with E-state index in [1.165, 1.54) is 22.6 Å².